The Bertz CT molecular complexity index is 955. The molecule has 0 aliphatic carbocycles. The number of amides is 1. The lowest BCUT2D eigenvalue weighted by Crippen LogP contribution is -2.41. The predicted octanol–water partition coefficient (Wildman–Crippen LogP) is 0.920. The summed E-state index contributed by atoms with van der Waals surface area (Å²) in [6, 6.07) is 2.06. The number of aryl methyl sites for hydroxylation is 4. The second kappa shape index (κ2) is 5.94. The summed E-state index contributed by atoms with van der Waals surface area (Å²) in [7, 11) is 0. The Hall–Kier alpha value is -2.77. The van der Waals surface area contributed by atoms with Crippen molar-refractivity contribution in [3.8, 4) is 0 Å². The van der Waals surface area contributed by atoms with Gasteiger partial charge in [-0.2, -0.15) is 4.98 Å². The summed E-state index contributed by atoms with van der Waals surface area (Å²) >= 11 is 0. The van der Waals surface area contributed by atoms with Crippen LogP contribution in [0.2, 0.25) is 0 Å². The molecular formula is C17H21N7O. The third-order valence-corrected chi connectivity index (χ3v) is 4.46. The van der Waals surface area contributed by atoms with Gasteiger partial charge in [-0.25, -0.2) is 14.5 Å². The lowest BCUT2D eigenvalue weighted by atomic mass is 10.1. The Kier molecular flexibility index (Phi) is 3.74. The molecule has 0 unspecified atom stereocenters. The van der Waals surface area contributed by atoms with Crippen LogP contribution in [-0.4, -0.2) is 41.1 Å². The molecule has 0 saturated heterocycles. The minimum Gasteiger partial charge on any atom is -0.351 e. The molecule has 1 aliphatic rings. The van der Waals surface area contributed by atoms with Crippen molar-refractivity contribution in [3.63, 3.8) is 0 Å². The first-order valence-corrected chi connectivity index (χ1v) is 8.50. The molecule has 0 aromatic carbocycles. The van der Waals surface area contributed by atoms with Crippen LogP contribution in [0.4, 0.5) is 0 Å². The van der Waals surface area contributed by atoms with Gasteiger partial charge in [0.1, 0.15) is 5.82 Å². The Labute approximate surface area is 145 Å². The van der Waals surface area contributed by atoms with Crippen LogP contribution in [0.25, 0.3) is 5.78 Å². The highest BCUT2D eigenvalue weighted by Crippen LogP contribution is 2.15. The topological polar surface area (TPSA) is 90.0 Å². The van der Waals surface area contributed by atoms with E-state index in [1.54, 1.807) is 4.52 Å². The van der Waals surface area contributed by atoms with Crippen molar-refractivity contribution < 1.29 is 4.79 Å². The van der Waals surface area contributed by atoms with E-state index in [9.17, 15) is 4.79 Å². The van der Waals surface area contributed by atoms with Crippen molar-refractivity contribution in [1.29, 1.82) is 0 Å². The summed E-state index contributed by atoms with van der Waals surface area (Å²) in [5.41, 5.74) is 2.87. The van der Waals surface area contributed by atoms with Gasteiger partial charge in [-0.15, -0.1) is 5.10 Å². The second-order valence-corrected chi connectivity index (χ2v) is 6.71. The van der Waals surface area contributed by atoms with Crippen molar-refractivity contribution in [2.75, 3.05) is 0 Å². The van der Waals surface area contributed by atoms with E-state index in [0.29, 0.717) is 11.6 Å². The molecule has 3 aromatic rings. The minimum absolute atomic E-state index is 0.0597. The first kappa shape index (κ1) is 15.7. The van der Waals surface area contributed by atoms with Gasteiger partial charge < -0.3 is 9.88 Å². The molecule has 3 aromatic heterocycles. The zero-order chi connectivity index (χ0) is 17.6. The molecule has 1 N–H and O–H groups in total. The Morgan fingerprint density at radius 2 is 2.08 bits per heavy atom. The standard InChI is InChI=1S/C17H21N7O/c1-10-6-12(3)24-17(19-10)21-14(22-24)7-16(25)20-13-4-5-15-18-11(2)8-23(15)9-13/h6,8,13H,4-5,7,9H2,1-3H3,(H,20,25)/t13-/m0/s1. The number of imidazole rings is 1. The van der Waals surface area contributed by atoms with Gasteiger partial charge in [0.2, 0.25) is 5.91 Å². The molecular weight excluding hydrogens is 318 g/mol. The number of carbonyl (C=O) groups excluding carboxylic acids is 1. The maximum absolute atomic E-state index is 12.4. The summed E-state index contributed by atoms with van der Waals surface area (Å²) in [6.07, 6.45) is 3.98. The molecule has 25 heavy (non-hydrogen) atoms. The van der Waals surface area contributed by atoms with E-state index in [0.717, 1.165) is 42.3 Å². The molecule has 1 atom stereocenters. The van der Waals surface area contributed by atoms with Gasteiger partial charge >= 0.3 is 0 Å². The normalized spacial score (nSPS) is 16.8. The maximum atomic E-state index is 12.4. The van der Waals surface area contributed by atoms with Gasteiger partial charge in [-0.05, 0) is 33.3 Å². The van der Waals surface area contributed by atoms with Crippen LogP contribution in [0.5, 0.6) is 0 Å². The third-order valence-electron chi connectivity index (χ3n) is 4.46. The lowest BCUT2D eigenvalue weighted by Gasteiger charge is -2.24. The summed E-state index contributed by atoms with van der Waals surface area (Å²) in [5.74, 6) is 2.07. The Morgan fingerprint density at radius 1 is 1.24 bits per heavy atom. The fourth-order valence-electron chi connectivity index (χ4n) is 3.41. The Balaban J connectivity index is 1.43. The zero-order valence-corrected chi connectivity index (χ0v) is 14.7. The van der Waals surface area contributed by atoms with E-state index in [4.69, 9.17) is 0 Å². The van der Waals surface area contributed by atoms with E-state index in [1.807, 2.05) is 33.0 Å². The van der Waals surface area contributed by atoms with E-state index in [1.165, 1.54) is 0 Å². The largest absolute Gasteiger partial charge is 0.351 e. The number of fused-ring (bicyclic) bond motifs is 2. The molecule has 8 nitrogen and oxygen atoms in total. The van der Waals surface area contributed by atoms with Gasteiger partial charge in [0, 0.05) is 36.6 Å². The van der Waals surface area contributed by atoms with Crippen LogP contribution in [-0.2, 0) is 24.2 Å². The monoisotopic (exact) mass is 339 g/mol. The maximum Gasteiger partial charge on any atom is 0.252 e. The molecule has 130 valence electrons. The van der Waals surface area contributed by atoms with Gasteiger partial charge in [0.05, 0.1) is 12.1 Å². The average molecular weight is 339 g/mol. The molecule has 0 radical (unpaired) electrons. The smallest absolute Gasteiger partial charge is 0.252 e. The van der Waals surface area contributed by atoms with E-state index in [-0.39, 0.29) is 18.4 Å². The van der Waals surface area contributed by atoms with Gasteiger partial charge in [-0.1, -0.05) is 0 Å². The molecule has 0 saturated carbocycles. The summed E-state index contributed by atoms with van der Waals surface area (Å²) < 4.78 is 3.81. The van der Waals surface area contributed by atoms with Crippen molar-refractivity contribution >= 4 is 11.7 Å². The molecule has 0 bridgehead atoms. The zero-order valence-electron chi connectivity index (χ0n) is 14.7. The second-order valence-electron chi connectivity index (χ2n) is 6.71. The molecule has 4 rings (SSSR count). The van der Waals surface area contributed by atoms with Crippen molar-refractivity contribution in [2.24, 2.45) is 0 Å². The van der Waals surface area contributed by atoms with Gasteiger partial charge in [-0.3, -0.25) is 4.79 Å². The SMILES string of the molecule is Cc1cn2c(n1)CC[C@H](NC(=O)Cc1nc3nc(C)cc(C)n3n1)C2. The van der Waals surface area contributed by atoms with Crippen LogP contribution in [0, 0.1) is 20.8 Å². The minimum atomic E-state index is -0.0597. The number of nitrogens with one attached hydrogen (secondary N) is 1. The van der Waals surface area contributed by atoms with E-state index < -0.39 is 0 Å². The highest BCUT2D eigenvalue weighted by molar-refractivity contribution is 5.78. The van der Waals surface area contributed by atoms with Crippen molar-refractivity contribution in [2.45, 2.75) is 52.6 Å². The first-order valence-electron chi connectivity index (χ1n) is 8.50. The molecule has 0 spiro atoms. The summed E-state index contributed by atoms with van der Waals surface area (Å²) in [4.78, 5) is 25.6. The van der Waals surface area contributed by atoms with E-state index in [2.05, 4.69) is 29.9 Å². The first-order chi connectivity index (χ1) is 12.0. The van der Waals surface area contributed by atoms with Crippen LogP contribution >= 0.6 is 0 Å². The van der Waals surface area contributed by atoms with Crippen LogP contribution in [0.1, 0.15) is 35.2 Å². The number of aromatic nitrogens is 6. The number of nitrogens with zero attached hydrogens (tertiary/aromatic N) is 6. The number of hydrogen-bond acceptors (Lipinski definition) is 5. The lowest BCUT2D eigenvalue weighted by molar-refractivity contribution is -0.121. The number of rotatable bonds is 3. The van der Waals surface area contributed by atoms with Crippen molar-refractivity contribution in [1.82, 2.24) is 34.4 Å². The molecule has 8 heteroatoms. The number of hydrogen-bond donors (Lipinski definition) is 1. The molecule has 0 fully saturated rings. The fraction of sp³-hybridized carbons (Fsp3) is 0.471. The van der Waals surface area contributed by atoms with Gasteiger partial charge in [0.25, 0.3) is 5.78 Å². The third kappa shape index (κ3) is 3.11. The highest BCUT2D eigenvalue weighted by Gasteiger charge is 2.22. The summed E-state index contributed by atoms with van der Waals surface area (Å²) in [5, 5.41) is 7.48. The average Bonchev–Trinajstić information content (AvgIpc) is 3.08. The molecule has 1 aliphatic heterocycles. The fourth-order valence-corrected chi connectivity index (χ4v) is 3.41. The molecule has 4 heterocycles. The Morgan fingerprint density at radius 3 is 2.92 bits per heavy atom. The molecule has 1 amide bonds. The van der Waals surface area contributed by atoms with E-state index >= 15 is 0 Å². The highest BCUT2D eigenvalue weighted by atomic mass is 16.1. The predicted molar refractivity (Wildman–Crippen MR) is 91.2 cm³/mol. The van der Waals surface area contributed by atoms with Gasteiger partial charge in [0.15, 0.2) is 5.82 Å². The summed E-state index contributed by atoms with van der Waals surface area (Å²) in [6.45, 7) is 6.63. The van der Waals surface area contributed by atoms with Crippen LogP contribution in [0.3, 0.4) is 0 Å². The van der Waals surface area contributed by atoms with Crippen molar-refractivity contribution in [3.05, 3.63) is 41.0 Å². The van der Waals surface area contributed by atoms with Crippen LogP contribution in [0.15, 0.2) is 12.3 Å². The number of carbonyl (C=O) groups is 1. The van der Waals surface area contributed by atoms with Crippen LogP contribution < -0.4 is 5.32 Å². The quantitative estimate of drug-likeness (QED) is 0.766.